The summed E-state index contributed by atoms with van der Waals surface area (Å²) in [6.07, 6.45) is 6.35. The highest BCUT2D eigenvalue weighted by atomic mass is 32.1. The Kier molecular flexibility index (Phi) is 5.93. The van der Waals surface area contributed by atoms with Crippen LogP contribution in [0.2, 0.25) is 0 Å². The van der Waals surface area contributed by atoms with Gasteiger partial charge in [0.15, 0.2) is 0 Å². The molecule has 6 nitrogen and oxygen atoms in total. The third-order valence-corrected chi connectivity index (χ3v) is 7.16. The average molecular weight is 450 g/mol. The van der Waals surface area contributed by atoms with Crippen molar-refractivity contribution in [3.05, 3.63) is 63.9 Å². The van der Waals surface area contributed by atoms with Gasteiger partial charge in [-0.1, -0.05) is 37.1 Å². The van der Waals surface area contributed by atoms with E-state index in [0.717, 1.165) is 58.8 Å². The molecule has 7 heteroatoms. The molecule has 166 valence electrons. The van der Waals surface area contributed by atoms with Gasteiger partial charge in [-0.15, -0.1) is 11.3 Å². The number of nitrogens with zero attached hydrogens (tertiary/aromatic N) is 2. The number of pyridine rings is 1. The van der Waals surface area contributed by atoms with Gasteiger partial charge in [-0.05, 0) is 31.4 Å². The maximum Gasteiger partial charge on any atom is 0.270 e. The highest BCUT2D eigenvalue weighted by Gasteiger charge is 2.27. The summed E-state index contributed by atoms with van der Waals surface area (Å²) in [5.74, 6) is 0.584. The second kappa shape index (κ2) is 9.00. The van der Waals surface area contributed by atoms with Crippen LogP contribution in [-0.4, -0.2) is 39.7 Å². The Balaban J connectivity index is 1.36. The van der Waals surface area contributed by atoms with Gasteiger partial charge in [-0.3, -0.25) is 4.79 Å². The molecular formula is C25H27N3O3S. The van der Waals surface area contributed by atoms with Crippen LogP contribution in [0.3, 0.4) is 0 Å². The van der Waals surface area contributed by atoms with Crippen molar-refractivity contribution in [3.63, 3.8) is 0 Å². The largest absolute Gasteiger partial charge is 0.491 e. The first-order valence-electron chi connectivity index (χ1n) is 11.2. The number of aliphatic hydroxyl groups excluding tert-OH is 1. The number of aryl methyl sites for hydroxylation is 1. The lowest BCUT2D eigenvalue weighted by atomic mass is 9.92. The molecule has 32 heavy (non-hydrogen) atoms. The zero-order valence-corrected chi connectivity index (χ0v) is 19.0. The van der Waals surface area contributed by atoms with Gasteiger partial charge >= 0.3 is 0 Å². The molecule has 0 radical (unpaired) electrons. The molecule has 1 aliphatic heterocycles. The number of rotatable bonds is 5. The van der Waals surface area contributed by atoms with Gasteiger partial charge in [0, 0.05) is 35.0 Å². The lowest BCUT2D eigenvalue weighted by Gasteiger charge is -2.28. The Morgan fingerprint density at radius 1 is 1.25 bits per heavy atom. The standard InChI is InChI=1S/C25H27N3O3S/c1-15-14-26-25(32-15)17-8-6-16(7-9-17)12-18-13-21(27-20-10-11-31-23(18)20)24(30)28-19-4-2-3-5-22(19)29/h6-9,13-14,19,22,29H,2-5,10-12H2,1H3,(H,28,30)/t19-,22-/m0/s1. The number of aromatic nitrogens is 2. The van der Waals surface area contributed by atoms with Crippen molar-refractivity contribution in [2.24, 2.45) is 0 Å². The summed E-state index contributed by atoms with van der Waals surface area (Å²) in [5.41, 5.74) is 4.46. The fourth-order valence-electron chi connectivity index (χ4n) is 4.48. The third kappa shape index (κ3) is 4.40. The summed E-state index contributed by atoms with van der Waals surface area (Å²) in [6, 6.07) is 10.0. The predicted octanol–water partition coefficient (Wildman–Crippen LogP) is 4.07. The van der Waals surface area contributed by atoms with Gasteiger partial charge in [0.05, 0.1) is 24.4 Å². The topological polar surface area (TPSA) is 84.3 Å². The number of carbonyl (C=O) groups excluding carboxylic acids is 1. The molecule has 2 aromatic heterocycles. The van der Waals surface area contributed by atoms with Gasteiger partial charge in [0.2, 0.25) is 0 Å². The average Bonchev–Trinajstić information content (AvgIpc) is 3.45. The van der Waals surface area contributed by atoms with E-state index in [1.54, 1.807) is 11.3 Å². The Hall–Kier alpha value is -2.77. The summed E-state index contributed by atoms with van der Waals surface area (Å²) >= 11 is 1.68. The van der Waals surface area contributed by atoms with Crippen molar-refractivity contribution in [2.45, 2.75) is 57.6 Å². The van der Waals surface area contributed by atoms with E-state index in [2.05, 4.69) is 46.5 Å². The molecule has 0 spiro atoms. The van der Waals surface area contributed by atoms with Crippen molar-refractivity contribution in [2.75, 3.05) is 6.61 Å². The molecule has 3 aromatic rings. The highest BCUT2D eigenvalue weighted by Crippen LogP contribution is 2.32. The van der Waals surface area contributed by atoms with Gasteiger partial charge in [-0.25, -0.2) is 9.97 Å². The third-order valence-electron chi connectivity index (χ3n) is 6.20. The van der Waals surface area contributed by atoms with Gasteiger partial charge in [-0.2, -0.15) is 0 Å². The van der Waals surface area contributed by atoms with E-state index >= 15 is 0 Å². The normalized spacial score (nSPS) is 19.9. The molecule has 1 aromatic carbocycles. The van der Waals surface area contributed by atoms with Crippen LogP contribution >= 0.6 is 11.3 Å². The minimum absolute atomic E-state index is 0.201. The number of ether oxygens (including phenoxy) is 1. The molecule has 5 rings (SSSR count). The minimum atomic E-state index is -0.481. The Morgan fingerprint density at radius 2 is 2.06 bits per heavy atom. The molecule has 2 aliphatic rings. The van der Waals surface area contributed by atoms with Gasteiger partial charge in [0.25, 0.3) is 5.91 Å². The quantitative estimate of drug-likeness (QED) is 0.613. The number of benzene rings is 1. The number of nitrogens with one attached hydrogen (secondary N) is 1. The van der Waals surface area contributed by atoms with Crippen LogP contribution in [0, 0.1) is 6.92 Å². The molecule has 2 N–H and O–H groups in total. The summed E-state index contributed by atoms with van der Waals surface area (Å²) in [5, 5.41) is 14.2. The lowest BCUT2D eigenvalue weighted by Crippen LogP contribution is -2.45. The fraction of sp³-hybridized carbons (Fsp3) is 0.400. The minimum Gasteiger partial charge on any atom is -0.491 e. The molecule has 1 amide bonds. The zero-order valence-electron chi connectivity index (χ0n) is 18.1. The van der Waals surface area contributed by atoms with E-state index in [1.165, 1.54) is 4.88 Å². The predicted molar refractivity (Wildman–Crippen MR) is 124 cm³/mol. The second-order valence-corrected chi connectivity index (χ2v) is 9.86. The molecule has 1 fully saturated rings. The number of hydrogen-bond donors (Lipinski definition) is 2. The molecule has 3 heterocycles. The first-order valence-corrected chi connectivity index (χ1v) is 12.0. The maximum absolute atomic E-state index is 12.9. The zero-order chi connectivity index (χ0) is 22.1. The van der Waals surface area contributed by atoms with E-state index in [-0.39, 0.29) is 11.9 Å². The number of thiazole rings is 1. The molecular weight excluding hydrogens is 422 g/mol. The van der Waals surface area contributed by atoms with Gasteiger partial charge < -0.3 is 15.2 Å². The molecule has 1 saturated carbocycles. The first kappa shape index (κ1) is 21.1. The van der Waals surface area contributed by atoms with Crippen LogP contribution in [0.5, 0.6) is 5.75 Å². The fourth-order valence-corrected chi connectivity index (χ4v) is 5.25. The monoisotopic (exact) mass is 449 g/mol. The molecule has 0 unspecified atom stereocenters. The molecule has 2 atom stereocenters. The van der Waals surface area contributed by atoms with E-state index < -0.39 is 6.10 Å². The summed E-state index contributed by atoms with van der Waals surface area (Å²) in [7, 11) is 0. The van der Waals surface area contributed by atoms with E-state index in [4.69, 9.17) is 4.74 Å². The maximum atomic E-state index is 12.9. The number of aliphatic hydroxyl groups is 1. The summed E-state index contributed by atoms with van der Waals surface area (Å²) < 4.78 is 5.86. The van der Waals surface area contributed by atoms with E-state index in [0.29, 0.717) is 25.1 Å². The Morgan fingerprint density at radius 3 is 2.81 bits per heavy atom. The first-order chi connectivity index (χ1) is 15.6. The SMILES string of the molecule is Cc1cnc(-c2ccc(Cc3cc(C(=O)N[C@H]4CCCC[C@@H]4O)nc4c3OCC4)cc2)s1. The van der Waals surface area contributed by atoms with Crippen LogP contribution in [0.4, 0.5) is 0 Å². The van der Waals surface area contributed by atoms with Crippen molar-refractivity contribution < 1.29 is 14.6 Å². The lowest BCUT2D eigenvalue weighted by molar-refractivity contribution is 0.0713. The van der Waals surface area contributed by atoms with Crippen LogP contribution < -0.4 is 10.1 Å². The van der Waals surface area contributed by atoms with Crippen molar-refractivity contribution in [3.8, 4) is 16.3 Å². The number of carbonyl (C=O) groups is 1. The molecule has 0 saturated heterocycles. The number of hydrogen-bond acceptors (Lipinski definition) is 6. The van der Waals surface area contributed by atoms with Crippen LogP contribution in [-0.2, 0) is 12.8 Å². The van der Waals surface area contributed by atoms with Crippen LogP contribution in [0.25, 0.3) is 10.6 Å². The van der Waals surface area contributed by atoms with Gasteiger partial charge in [0.1, 0.15) is 16.5 Å². The Labute approximate surface area is 191 Å². The smallest absolute Gasteiger partial charge is 0.270 e. The number of fused-ring (bicyclic) bond motifs is 1. The van der Waals surface area contributed by atoms with E-state index in [1.807, 2.05) is 12.3 Å². The van der Waals surface area contributed by atoms with E-state index in [9.17, 15) is 9.90 Å². The Bertz CT molecular complexity index is 1130. The summed E-state index contributed by atoms with van der Waals surface area (Å²) in [6.45, 7) is 2.65. The van der Waals surface area contributed by atoms with Crippen molar-refractivity contribution in [1.82, 2.24) is 15.3 Å². The van der Waals surface area contributed by atoms with Crippen LogP contribution in [0.15, 0.2) is 36.5 Å². The molecule has 0 bridgehead atoms. The highest BCUT2D eigenvalue weighted by molar-refractivity contribution is 7.14. The van der Waals surface area contributed by atoms with Crippen molar-refractivity contribution in [1.29, 1.82) is 0 Å². The molecule has 1 aliphatic carbocycles. The van der Waals surface area contributed by atoms with Crippen molar-refractivity contribution >= 4 is 17.2 Å². The second-order valence-electron chi connectivity index (χ2n) is 8.62. The van der Waals surface area contributed by atoms with Crippen LogP contribution in [0.1, 0.15) is 57.9 Å². The summed E-state index contributed by atoms with van der Waals surface area (Å²) in [4.78, 5) is 23.2. The number of amides is 1.